The van der Waals surface area contributed by atoms with Crippen LogP contribution in [0, 0.1) is 0 Å². The molecule has 1 unspecified atom stereocenters. The van der Waals surface area contributed by atoms with Crippen molar-refractivity contribution in [2.75, 3.05) is 27.9 Å². The lowest BCUT2D eigenvalue weighted by Crippen LogP contribution is -2.22. The molecule has 0 radical (unpaired) electrons. The minimum Gasteiger partial charge on any atom is -0.494 e. The number of rotatable bonds is 6. The molecule has 0 saturated heterocycles. The number of methoxy groups -OCH3 is 3. The summed E-state index contributed by atoms with van der Waals surface area (Å²) in [6, 6.07) is 7.63. The number of ether oxygens (including phenoxy) is 5. The molecule has 0 saturated carbocycles. The summed E-state index contributed by atoms with van der Waals surface area (Å²) < 4.78 is 29.9. The molecule has 1 aliphatic rings. The zero-order valence-electron chi connectivity index (χ0n) is 17.9. The number of hydrogen-bond acceptors (Lipinski definition) is 8. The fourth-order valence-corrected chi connectivity index (χ4v) is 3.67. The summed E-state index contributed by atoms with van der Waals surface area (Å²) in [6.45, 7) is 0.367. The Morgan fingerprint density at radius 3 is 2.69 bits per heavy atom. The summed E-state index contributed by atoms with van der Waals surface area (Å²) >= 11 is 0. The lowest BCUT2D eigenvalue weighted by Gasteiger charge is -2.28. The number of hydrogen-bond donors (Lipinski definition) is 0. The van der Waals surface area contributed by atoms with E-state index in [0.717, 1.165) is 22.3 Å². The van der Waals surface area contributed by atoms with Crippen molar-refractivity contribution >= 4 is 5.65 Å². The van der Waals surface area contributed by atoms with Gasteiger partial charge in [0.05, 0.1) is 39.9 Å². The van der Waals surface area contributed by atoms with Gasteiger partial charge in [0.1, 0.15) is 6.61 Å². The Hall–Kier alpha value is -4.01. The van der Waals surface area contributed by atoms with E-state index in [1.54, 1.807) is 56.7 Å². The van der Waals surface area contributed by atoms with Gasteiger partial charge in [-0.25, -0.2) is 14.5 Å². The van der Waals surface area contributed by atoms with Crippen LogP contribution in [-0.4, -0.2) is 47.5 Å². The number of aromatic nitrogens is 4. The van der Waals surface area contributed by atoms with E-state index in [4.69, 9.17) is 23.7 Å². The molecule has 4 heterocycles. The first-order valence-electron chi connectivity index (χ1n) is 10.0. The third kappa shape index (κ3) is 3.62. The van der Waals surface area contributed by atoms with E-state index in [9.17, 15) is 0 Å². The van der Waals surface area contributed by atoms with Crippen LogP contribution in [0.25, 0.3) is 5.65 Å². The lowest BCUT2D eigenvalue weighted by atomic mass is 10.1. The van der Waals surface area contributed by atoms with Gasteiger partial charge in [-0.1, -0.05) is 0 Å². The first-order chi connectivity index (χ1) is 15.7. The predicted octanol–water partition coefficient (Wildman–Crippen LogP) is 3.25. The van der Waals surface area contributed by atoms with Crippen LogP contribution >= 0.6 is 0 Å². The molecule has 0 bridgehead atoms. The summed E-state index contributed by atoms with van der Waals surface area (Å²) in [4.78, 5) is 8.72. The third-order valence-electron chi connectivity index (χ3n) is 5.33. The third-order valence-corrected chi connectivity index (χ3v) is 5.33. The van der Waals surface area contributed by atoms with Crippen LogP contribution in [0.2, 0.25) is 0 Å². The highest BCUT2D eigenvalue weighted by Gasteiger charge is 2.27. The van der Waals surface area contributed by atoms with Crippen molar-refractivity contribution in [2.24, 2.45) is 0 Å². The van der Waals surface area contributed by atoms with Crippen LogP contribution in [0.15, 0.2) is 49.1 Å². The van der Waals surface area contributed by atoms with Gasteiger partial charge in [0.2, 0.25) is 11.6 Å². The predicted molar refractivity (Wildman–Crippen MR) is 115 cm³/mol. The number of nitrogens with zero attached hydrogens (tertiary/aromatic N) is 4. The second kappa shape index (κ2) is 8.26. The summed E-state index contributed by atoms with van der Waals surface area (Å²) in [7, 11) is 4.80. The normalized spacial score (nSPS) is 14.9. The summed E-state index contributed by atoms with van der Waals surface area (Å²) in [5.74, 6) is 3.02. The smallest absolute Gasteiger partial charge is 0.212 e. The van der Waals surface area contributed by atoms with Crippen molar-refractivity contribution in [3.63, 3.8) is 0 Å². The molecule has 4 aromatic rings. The van der Waals surface area contributed by atoms with Gasteiger partial charge in [-0.15, -0.1) is 0 Å². The molecule has 0 spiro atoms. The summed E-state index contributed by atoms with van der Waals surface area (Å²) in [6.07, 6.45) is 7.33. The monoisotopic (exact) mass is 434 g/mol. The van der Waals surface area contributed by atoms with Gasteiger partial charge >= 0.3 is 0 Å². The minimum atomic E-state index is -0.292. The van der Waals surface area contributed by atoms with Gasteiger partial charge in [-0.05, 0) is 23.8 Å². The lowest BCUT2D eigenvalue weighted by molar-refractivity contribution is 0.0867. The molecule has 1 atom stereocenters. The van der Waals surface area contributed by atoms with Crippen molar-refractivity contribution in [1.82, 2.24) is 19.6 Å². The largest absolute Gasteiger partial charge is 0.494 e. The quantitative estimate of drug-likeness (QED) is 0.457. The van der Waals surface area contributed by atoms with E-state index in [2.05, 4.69) is 15.1 Å². The Morgan fingerprint density at radius 1 is 1.03 bits per heavy atom. The Bertz CT molecular complexity index is 1240. The van der Waals surface area contributed by atoms with Crippen molar-refractivity contribution < 1.29 is 23.7 Å². The first kappa shape index (κ1) is 19.9. The molecule has 5 rings (SSSR count). The van der Waals surface area contributed by atoms with E-state index in [1.807, 2.05) is 18.2 Å². The standard InChI is InChI=1S/C23H22N4O5/c1-28-17-11-25-23-16(10-26-27(23)12-17)6-14-7-18(29-2)22-19(8-14)31-13-20(32-22)15-4-5-21(30-3)24-9-15/h4-5,7-12,20H,6,13H2,1-3H3. The Morgan fingerprint density at radius 2 is 1.94 bits per heavy atom. The molecule has 9 nitrogen and oxygen atoms in total. The van der Waals surface area contributed by atoms with Gasteiger partial charge < -0.3 is 23.7 Å². The molecule has 1 aromatic carbocycles. The number of pyridine rings is 1. The van der Waals surface area contributed by atoms with E-state index < -0.39 is 0 Å². The fraction of sp³-hybridized carbons (Fsp3) is 0.261. The number of benzene rings is 1. The molecule has 164 valence electrons. The van der Waals surface area contributed by atoms with E-state index in [1.165, 1.54) is 0 Å². The maximum absolute atomic E-state index is 6.23. The molecule has 1 aliphatic heterocycles. The molecule has 0 amide bonds. The molecule has 0 N–H and O–H groups in total. The highest BCUT2D eigenvalue weighted by Crippen LogP contribution is 2.44. The summed E-state index contributed by atoms with van der Waals surface area (Å²) in [5.41, 5.74) is 3.65. The average Bonchev–Trinajstić information content (AvgIpc) is 3.25. The second-order valence-corrected chi connectivity index (χ2v) is 7.29. The molecular formula is C23H22N4O5. The Balaban J connectivity index is 1.41. The van der Waals surface area contributed by atoms with Crippen LogP contribution in [-0.2, 0) is 6.42 Å². The van der Waals surface area contributed by atoms with Crippen molar-refractivity contribution in [3.05, 3.63) is 65.7 Å². The van der Waals surface area contributed by atoms with Gasteiger partial charge in [0, 0.05) is 29.8 Å². The van der Waals surface area contributed by atoms with Crippen molar-refractivity contribution in [2.45, 2.75) is 12.5 Å². The molecule has 9 heteroatoms. The Labute approximate surface area is 184 Å². The van der Waals surface area contributed by atoms with Crippen molar-refractivity contribution in [3.8, 4) is 28.9 Å². The molecule has 0 fully saturated rings. The highest BCUT2D eigenvalue weighted by molar-refractivity contribution is 5.57. The minimum absolute atomic E-state index is 0.292. The average molecular weight is 434 g/mol. The van der Waals surface area contributed by atoms with Crippen LogP contribution in [0.5, 0.6) is 28.9 Å². The SMILES string of the molecule is COc1cnc2c(Cc3cc(OC)c4c(c3)OCC(c3ccc(OC)nc3)O4)cnn2c1. The topological polar surface area (TPSA) is 89.2 Å². The van der Waals surface area contributed by atoms with Crippen LogP contribution in [0.1, 0.15) is 22.8 Å². The fourth-order valence-electron chi connectivity index (χ4n) is 3.67. The van der Waals surface area contributed by atoms with Gasteiger partial charge in [-0.3, -0.25) is 0 Å². The summed E-state index contributed by atoms with van der Waals surface area (Å²) in [5, 5.41) is 4.38. The maximum Gasteiger partial charge on any atom is 0.212 e. The molecule has 3 aromatic heterocycles. The van der Waals surface area contributed by atoms with E-state index >= 15 is 0 Å². The van der Waals surface area contributed by atoms with Gasteiger partial charge in [-0.2, -0.15) is 5.10 Å². The van der Waals surface area contributed by atoms with E-state index in [-0.39, 0.29) is 6.10 Å². The van der Waals surface area contributed by atoms with Gasteiger partial charge in [0.25, 0.3) is 0 Å². The van der Waals surface area contributed by atoms with Crippen LogP contribution in [0.3, 0.4) is 0 Å². The first-order valence-corrected chi connectivity index (χ1v) is 10.0. The Kier molecular flexibility index (Phi) is 5.14. The second-order valence-electron chi connectivity index (χ2n) is 7.29. The van der Waals surface area contributed by atoms with Crippen LogP contribution < -0.4 is 23.7 Å². The molecule has 32 heavy (non-hydrogen) atoms. The highest BCUT2D eigenvalue weighted by atomic mass is 16.6. The van der Waals surface area contributed by atoms with Gasteiger partial charge in [0.15, 0.2) is 29.0 Å². The van der Waals surface area contributed by atoms with Crippen LogP contribution in [0.4, 0.5) is 0 Å². The molecule has 0 aliphatic carbocycles. The van der Waals surface area contributed by atoms with E-state index in [0.29, 0.717) is 41.9 Å². The number of fused-ring (bicyclic) bond motifs is 2. The zero-order chi connectivity index (χ0) is 22.1. The zero-order valence-corrected chi connectivity index (χ0v) is 17.9. The molecular weight excluding hydrogens is 412 g/mol. The maximum atomic E-state index is 6.23. The van der Waals surface area contributed by atoms with Crippen molar-refractivity contribution in [1.29, 1.82) is 0 Å².